The molecule has 11 aromatic rings. The van der Waals surface area contributed by atoms with Gasteiger partial charge in [0.1, 0.15) is 50.4 Å². The number of fused-ring (bicyclic) bond motifs is 6. The van der Waals surface area contributed by atoms with Crippen LogP contribution in [0.25, 0.3) is 106 Å². The Bertz CT molecular complexity index is 3500. The third-order valence-electron chi connectivity index (χ3n) is 11.6. The largest absolute Gasteiger partial charge is 0.456 e. The minimum Gasteiger partial charge on any atom is -0.456 e. The summed E-state index contributed by atoms with van der Waals surface area (Å²) in [5.74, 6) is 1.54. The third-order valence-corrected chi connectivity index (χ3v) is 11.6. The van der Waals surface area contributed by atoms with Crippen molar-refractivity contribution in [1.82, 2.24) is 19.5 Å². The number of hydrogen-bond acceptors (Lipinski definition) is 4. The summed E-state index contributed by atoms with van der Waals surface area (Å²) in [7, 11) is 31.2. The molecule has 61 heavy (non-hydrogen) atoms. The summed E-state index contributed by atoms with van der Waals surface area (Å²) < 4.78 is 8.93. The Morgan fingerprint density at radius 3 is 1.67 bits per heavy atom. The van der Waals surface area contributed by atoms with Crippen molar-refractivity contribution in [2.45, 2.75) is 0 Å². The highest BCUT2D eigenvalue weighted by Crippen LogP contribution is 2.40. The number of aromatic nitrogens is 4. The highest BCUT2D eigenvalue weighted by Gasteiger charge is 2.20. The van der Waals surface area contributed by atoms with Gasteiger partial charge < -0.3 is 8.98 Å². The molecule has 3 heterocycles. The van der Waals surface area contributed by atoms with Gasteiger partial charge in [-0.05, 0) is 70.8 Å². The van der Waals surface area contributed by atoms with E-state index >= 15 is 0 Å². The van der Waals surface area contributed by atoms with Crippen LogP contribution in [0.3, 0.4) is 0 Å². The van der Waals surface area contributed by atoms with Gasteiger partial charge in [0.2, 0.25) is 0 Å². The minimum absolute atomic E-state index is 0.170. The fourth-order valence-electron chi connectivity index (χ4n) is 8.49. The van der Waals surface area contributed by atoms with E-state index in [1.54, 1.807) is 0 Å². The Kier molecular flexibility index (Phi) is 8.71. The van der Waals surface area contributed by atoms with Crippen LogP contribution in [-0.2, 0) is 0 Å². The predicted molar refractivity (Wildman–Crippen MR) is 256 cm³/mol. The first-order valence-electron chi connectivity index (χ1n) is 19.8. The van der Waals surface area contributed by atoms with Crippen molar-refractivity contribution >= 4 is 110 Å². The van der Waals surface area contributed by atoms with Gasteiger partial charge in [0.05, 0.1) is 11.0 Å². The molecule has 0 aliphatic carbocycles. The predicted octanol–water partition coefficient (Wildman–Crippen LogP) is 7.17. The fourth-order valence-corrected chi connectivity index (χ4v) is 8.49. The summed E-state index contributed by atoms with van der Waals surface area (Å²) in [6.07, 6.45) is 0. The molecule has 0 fully saturated rings. The second-order valence-corrected chi connectivity index (χ2v) is 15.1. The van der Waals surface area contributed by atoms with Crippen LogP contribution in [-0.4, -0.2) is 58.8 Å². The van der Waals surface area contributed by atoms with Crippen molar-refractivity contribution in [1.29, 1.82) is 0 Å². The first-order valence-corrected chi connectivity index (χ1v) is 19.8. The van der Waals surface area contributed by atoms with Gasteiger partial charge in [0.15, 0.2) is 17.5 Å². The van der Waals surface area contributed by atoms with Crippen LogP contribution in [0.2, 0.25) is 0 Å². The monoisotopic (exact) mass is 766 g/mol. The Morgan fingerprint density at radius 2 is 0.934 bits per heavy atom. The zero-order chi connectivity index (χ0) is 41.4. The zero-order valence-corrected chi connectivity index (χ0v) is 32.7. The van der Waals surface area contributed by atoms with Crippen molar-refractivity contribution < 1.29 is 4.42 Å². The van der Waals surface area contributed by atoms with E-state index in [1.807, 2.05) is 78.9 Å². The van der Waals surface area contributed by atoms with Crippen LogP contribution in [0.4, 0.5) is 0 Å². The van der Waals surface area contributed by atoms with E-state index in [9.17, 15) is 0 Å². The summed E-state index contributed by atoms with van der Waals surface area (Å²) in [5.41, 5.74) is 11.9. The molecule has 10 heteroatoms. The fraction of sp³-hybridized carbons (Fsp3) is 0. The molecular formula is C51H27B5N4O. The van der Waals surface area contributed by atoms with Crippen LogP contribution in [0.1, 0.15) is 0 Å². The number of furan rings is 1. The molecule has 272 valence electrons. The molecule has 0 amide bonds. The lowest BCUT2D eigenvalue weighted by molar-refractivity contribution is 0.669. The summed E-state index contributed by atoms with van der Waals surface area (Å²) in [5, 5.41) is 4.26. The van der Waals surface area contributed by atoms with Crippen molar-refractivity contribution in [2.24, 2.45) is 0 Å². The number of para-hydroxylation sites is 2. The van der Waals surface area contributed by atoms with Crippen LogP contribution < -0.4 is 27.3 Å². The number of nitrogens with zero attached hydrogens (tertiary/aromatic N) is 4. The molecule has 0 saturated carbocycles. The standard InChI is InChI=1S/C51H27B5N4O/c52-44-42(45(53)47(55)48(56)46(44)54)28-18-20-30(21-19-28)50-57-49(29-10-3-1-4-11-29)58-51(59-50)36-15-9-17-40-43(36)35-24-22-32(27-41(35)61-40)31-23-25-39-37(26-31)34-14-7-8-16-38(34)60(39)33-12-5-2-6-13-33/h1-27H. The number of hydrogen-bond donors (Lipinski definition) is 0. The van der Waals surface area contributed by atoms with E-state index in [4.69, 9.17) is 58.6 Å². The molecule has 0 spiro atoms. The molecule has 11 rings (SSSR count). The van der Waals surface area contributed by atoms with Gasteiger partial charge in [-0.15, -0.1) is 16.4 Å². The smallest absolute Gasteiger partial charge is 0.164 e. The topological polar surface area (TPSA) is 56.7 Å². The molecule has 0 aliphatic rings. The second-order valence-electron chi connectivity index (χ2n) is 15.1. The SMILES string of the molecule is [B]c1c([B])c([B])c(-c2ccc(-c3nc(-c4ccccc4)nc(-c4cccc5oc6cc(-c7ccc8c(c7)c7ccccc7n8-c7ccccc7)ccc6c45)n3)cc2)c([B])c1[B]. The Morgan fingerprint density at radius 1 is 0.377 bits per heavy atom. The van der Waals surface area contributed by atoms with Crippen LogP contribution >= 0.6 is 0 Å². The van der Waals surface area contributed by atoms with Crippen molar-refractivity contribution in [3.63, 3.8) is 0 Å². The van der Waals surface area contributed by atoms with E-state index in [2.05, 4.69) is 89.5 Å². The van der Waals surface area contributed by atoms with Crippen LogP contribution in [0.5, 0.6) is 0 Å². The van der Waals surface area contributed by atoms with Crippen molar-refractivity contribution in [3.05, 3.63) is 164 Å². The summed E-state index contributed by atoms with van der Waals surface area (Å²) in [6, 6.07) is 55.6. The lowest BCUT2D eigenvalue weighted by Gasteiger charge is -2.21. The van der Waals surface area contributed by atoms with Gasteiger partial charge in [-0.2, -0.15) is 0 Å². The van der Waals surface area contributed by atoms with Gasteiger partial charge in [-0.1, -0.05) is 126 Å². The summed E-state index contributed by atoms with van der Waals surface area (Å²) in [6.45, 7) is 0. The summed E-state index contributed by atoms with van der Waals surface area (Å²) >= 11 is 0. The number of rotatable bonds is 6. The molecule has 5 nitrogen and oxygen atoms in total. The lowest BCUT2D eigenvalue weighted by Crippen LogP contribution is -2.55. The maximum Gasteiger partial charge on any atom is 0.164 e. The van der Waals surface area contributed by atoms with Crippen LogP contribution in [0.15, 0.2) is 168 Å². The van der Waals surface area contributed by atoms with Crippen LogP contribution in [0, 0.1) is 0 Å². The van der Waals surface area contributed by atoms with Gasteiger partial charge in [-0.25, -0.2) is 15.0 Å². The molecule has 3 aromatic heterocycles. The first-order chi connectivity index (χ1) is 29.8. The van der Waals surface area contributed by atoms with Gasteiger partial charge in [-0.3, -0.25) is 0 Å². The molecule has 0 N–H and O–H groups in total. The van der Waals surface area contributed by atoms with Crippen molar-refractivity contribution in [3.8, 4) is 62.1 Å². The highest BCUT2D eigenvalue weighted by molar-refractivity contribution is 6.68. The lowest BCUT2D eigenvalue weighted by atomic mass is 9.59. The normalized spacial score (nSPS) is 11.6. The average Bonchev–Trinajstić information content (AvgIpc) is 3.86. The second kappa shape index (κ2) is 14.5. The Balaban J connectivity index is 1.02. The van der Waals surface area contributed by atoms with E-state index < -0.39 is 0 Å². The summed E-state index contributed by atoms with van der Waals surface area (Å²) in [4.78, 5) is 15.1. The Labute approximate surface area is 358 Å². The molecule has 8 aromatic carbocycles. The van der Waals surface area contributed by atoms with Gasteiger partial charge in [0.25, 0.3) is 0 Å². The molecule has 0 atom stereocenters. The maximum atomic E-state index is 6.60. The quantitative estimate of drug-likeness (QED) is 0.169. The Hall–Kier alpha value is -7.31. The molecule has 0 aliphatic heterocycles. The zero-order valence-electron chi connectivity index (χ0n) is 32.7. The molecule has 0 unspecified atom stereocenters. The third kappa shape index (κ3) is 6.04. The minimum atomic E-state index is 0.170. The van der Waals surface area contributed by atoms with E-state index in [1.165, 1.54) is 16.3 Å². The average molecular weight is 766 g/mol. The molecule has 0 saturated heterocycles. The van der Waals surface area contributed by atoms with E-state index in [0.29, 0.717) is 23.0 Å². The number of benzene rings is 8. The van der Waals surface area contributed by atoms with E-state index in [0.717, 1.165) is 66.5 Å². The van der Waals surface area contributed by atoms with Gasteiger partial charge in [0, 0.05) is 43.9 Å². The first kappa shape index (κ1) is 36.8. The van der Waals surface area contributed by atoms with E-state index in [-0.39, 0.29) is 27.3 Å². The van der Waals surface area contributed by atoms with Gasteiger partial charge >= 0.3 is 0 Å². The molecule has 0 bridgehead atoms. The highest BCUT2D eigenvalue weighted by atomic mass is 16.3. The van der Waals surface area contributed by atoms with Crippen molar-refractivity contribution in [2.75, 3.05) is 0 Å². The maximum absolute atomic E-state index is 6.60. The molecular weight excluding hydrogens is 739 g/mol. The molecule has 10 radical (unpaired) electrons.